The molecule has 1 fully saturated rings. The molecule has 0 saturated heterocycles. The van der Waals surface area contributed by atoms with Gasteiger partial charge in [-0.25, -0.2) is 0 Å². The fourth-order valence-electron chi connectivity index (χ4n) is 5.59. The number of nitrogens with one attached hydrogen (secondary N) is 2. The first kappa shape index (κ1) is 24.5. The smallest absolute Gasteiger partial charge is 0.272 e. The van der Waals surface area contributed by atoms with Crippen LogP contribution >= 0.6 is 0 Å². The molecule has 2 aliphatic heterocycles. The van der Waals surface area contributed by atoms with E-state index < -0.39 is 5.54 Å². The summed E-state index contributed by atoms with van der Waals surface area (Å²) in [4.78, 5) is 42.9. The van der Waals surface area contributed by atoms with Gasteiger partial charge in [-0.3, -0.25) is 24.0 Å². The Bertz CT molecular complexity index is 1150. The van der Waals surface area contributed by atoms with Crippen molar-refractivity contribution in [1.29, 1.82) is 0 Å². The van der Waals surface area contributed by atoms with Gasteiger partial charge in [-0.2, -0.15) is 5.10 Å². The van der Waals surface area contributed by atoms with Crippen LogP contribution in [-0.2, 0) is 24.3 Å². The molecule has 2 aromatic rings. The van der Waals surface area contributed by atoms with Crippen molar-refractivity contribution in [2.45, 2.75) is 70.1 Å². The Hall–Kier alpha value is -3.20. The Kier molecular flexibility index (Phi) is 6.83. The second kappa shape index (κ2) is 10.0. The second-order valence-electron chi connectivity index (χ2n) is 10.6. The van der Waals surface area contributed by atoms with E-state index in [1.807, 2.05) is 0 Å². The van der Waals surface area contributed by atoms with Crippen LogP contribution in [0.25, 0.3) is 0 Å². The Labute approximate surface area is 212 Å². The third kappa shape index (κ3) is 4.76. The number of carbonyl (C=O) groups excluding carboxylic acids is 3. The maximum atomic E-state index is 13.1. The maximum Gasteiger partial charge on any atom is 0.272 e. The van der Waals surface area contributed by atoms with E-state index in [4.69, 9.17) is 0 Å². The van der Waals surface area contributed by atoms with Gasteiger partial charge in [0.1, 0.15) is 11.2 Å². The summed E-state index contributed by atoms with van der Waals surface area (Å²) in [5.41, 5.74) is 2.30. The molecule has 3 heterocycles. The molecule has 9 nitrogen and oxygen atoms in total. The number of benzene rings is 1. The first-order chi connectivity index (χ1) is 17.3. The number of aromatic nitrogens is 2. The lowest BCUT2D eigenvalue weighted by Gasteiger charge is -2.41. The van der Waals surface area contributed by atoms with Gasteiger partial charge in [0, 0.05) is 45.3 Å². The van der Waals surface area contributed by atoms with E-state index in [9.17, 15) is 14.4 Å². The molecule has 5 rings (SSSR count). The summed E-state index contributed by atoms with van der Waals surface area (Å²) in [5.74, 6) is -0.770. The molecule has 0 spiro atoms. The van der Waals surface area contributed by atoms with Crippen LogP contribution in [0.4, 0.5) is 0 Å². The number of nitrogens with zero attached hydrogens (tertiary/aromatic N) is 4. The lowest BCUT2D eigenvalue weighted by atomic mass is 9.95. The van der Waals surface area contributed by atoms with Crippen molar-refractivity contribution in [3.8, 4) is 0 Å². The highest BCUT2D eigenvalue weighted by Gasteiger charge is 2.46. The van der Waals surface area contributed by atoms with Crippen LogP contribution in [0.2, 0.25) is 0 Å². The zero-order valence-corrected chi connectivity index (χ0v) is 21.3. The third-order valence-corrected chi connectivity index (χ3v) is 8.06. The molecule has 0 bridgehead atoms. The molecule has 3 aliphatic rings. The minimum absolute atomic E-state index is 0.165. The molecular weight excluding hydrogens is 456 g/mol. The van der Waals surface area contributed by atoms with E-state index in [2.05, 4.69) is 44.9 Å². The van der Waals surface area contributed by atoms with Crippen molar-refractivity contribution in [3.63, 3.8) is 0 Å². The third-order valence-electron chi connectivity index (χ3n) is 8.06. The van der Waals surface area contributed by atoms with Gasteiger partial charge in [0.05, 0.1) is 6.54 Å². The Morgan fingerprint density at radius 2 is 1.92 bits per heavy atom. The molecule has 0 radical (unpaired) electrons. The summed E-state index contributed by atoms with van der Waals surface area (Å²) in [6.45, 7) is 5.40. The van der Waals surface area contributed by atoms with Crippen molar-refractivity contribution in [2.24, 2.45) is 0 Å². The quantitative estimate of drug-likeness (QED) is 0.576. The summed E-state index contributed by atoms with van der Waals surface area (Å²) in [6, 6.07) is 10.3. The zero-order chi connectivity index (χ0) is 25.3. The van der Waals surface area contributed by atoms with Gasteiger partial charge in [0.2, 0.25) is 5.91 Å². The lowest BCUT2D eigenvalue weighted by molar-refractivity contribution is -0.133. The standard InChI is InChI=1S/C27H36N6O3/c1-27(26(36)29-21-10-5-6-11-21)18-33-23(25(35)31(27)2)16-22(30-33)24(34)28-13-7-14-32-15-12-19-8-3-4-9-20(19)17-32/h3-4,8-9,16,21H,5-7,10-15,17-18H2,1-2H3,(H,28,34)(H,29,36)/t27-/m1/s1. The molecule has 9 heteroatoms. The monoisotopic (exact) mass is 492 g/mol. The van der Waals surface area contributed by atoms with Gasteiger partial charge in [-0.1, -0.05) is 37.1 Å². The highest BCUT2D eigenvalue weighted by atomic mass is 16.2. The van der Waals surface area contributed by atoms with Gasteiger partial charge in [0.15, 0.2) is 5.69 Å². The maximum absolute atomic E-state index is 13.1. The molecule has 1 atom stereocenters. The summed E-state index contributed by atoms with van der Waals surface area (Å²) in [6.07, 6.45) is 6.07. The highest BCUT2D eigenvalue weighted by molar-refractivity contribution is 6.01. The van der Waals surface area contributed by atoms with Crippen molar-refractivity contribution < 1.29 is 14.4 Å². The van der Waals surface area contributed by atoms with Crippen LogP contribution < -0.4 is 10.6 Å². The predicted molar refractivity (Wildman–Crippen MR) is 135 cm³/mol. The lowest BCUT2D eigenvalue weighted by Crippen LogP contribution is -2.63. The van der Waals surface area contributed by atoms with E-state index >= 15 is 0 Å². The Balaban J connectivity index is 1.16. The topological polar surface area (TPSA) is 99.6 Å². The number of fused-ring (bicyclic) bond motifs is 2. The summed E-state index contributed by atoms with van der Waals surface area (Å²) >= 11 is 0. The average Bonchev–Trinajstić information content (AvgIpc) is 3.55. The molecule has 192 valence electrons. The van der Waals surface area contributed by atoms with Crippen molar-refractivity contribution in [1.82, 2.24) is 30.2 Å². The van der Waals surface area contributed by atoms with Gasteiger partial charge < -0.3 is 15.5 Å². The van der Waals surface area contributed by atoms with E-state index in [1.165, 1.54) is 26.8 Å². The number of amides is 3. The van der Waals surface area contributed by atoms with Gasteiger partial charge in [-0.15, -0.1) is 0 Å². The number of rotatable bonds is 7. The molecule has 3 amide bonds. The SMILES string of the molecule is CN1C(=O)c2cc(C(=O)NCCCN3CCc4ccccc4C3)nn2C[C@]1(C)C(=O)NC1CCCC1. The van der Waals surface area contributed by atoms with Crippen molar-refractivity contribution in [2.75, 3.05) is 26.7 Å². The largest absolute Gasteiger partial charge is 0.351 e. The van der Waals surface area contributed by atoms with Crippen LogP contribution in [0.3, 0.4) is 0 Å². The van der Waals surface area contributed by atoms with Crippen LogP contribution in [0.5, 0.6) is 0 Å². The van der Waals surface area contributed by atoms with E-state index in [1.54, 1.807) is 14.0 Å². The number of hydrogen-bond donors (Lipinski definition) is 2. The predicted octanol–water partition coefficient (Wildman–Crippen LogP) is 1.96. The molecule has 1 aliphatic carbocycles. The number of hydrogen-bond acceptors (Lipinski definition) is 5. The Morgan fingerprint density at radius 3 is 2.69 bits per heavy atom. The molecular formula is C27H36N6O3. The summed E-state index contributed by atoms with van der Waals surface area (Å²) in [7, 11) is 1.64. The minimum atomic E-state index is -1.06. The molecule has 1 aromatic carbocycles. The number of likely N-dealkylation sites (N-methyl/N-ethyl adjacent to an activating group) is 1. The van der Waals surface area contributed by atoms with Gasteiger partial charge >= 0.3 is 0 Å². The first-order valence-corrected chi connectivity index (χ1v) is 13.1. The molecule has 2 N–H and O–H groups in total. The van der Waals surface area contributed by atoms with E-state index in [0.717, 1.165) is 58.2 Å². The van der Waals surface area contributed by atoms with Gasteiger partial charge in [0.25, 0.3) is 11.8 Å². The normalized spacial score (nSPS) is 22.3. The number of carbonyl (C=O) groups is 3. The van der Waals surface area contributed by atoms with Crippen LogP contribution in [0.15, 0.2) is 30.3 Å². The molecule has 36 heavy (non-hydrogen) atoms. The fraction of sp³-hybridized carbons (Fsp3) is 0.556. The molecule has 0 unspecified atom stereocenters. The van der Waals surface area contributed by atoms with Crippen molar-refractivity contribution in [3.05, 3.63) is 52.8 Å². The molecule has 1 aromatic heterocycles. The van der Waals surface area contributed by atoms with Crippen LogP contribution in [0.1, 0.15) is 71.1 Å². The fourth-order valence-corrected chi connectivity index (χ4v) is 5.59. The average molecular weight is 493 g/mol. The van der Waals surface area contributed by atoms with Crippen molar-refractivity contribution >= 4 is 17.7 Å². The van der Waals surface area contributed by atoms with Gasteiger partial charge in [-0.05, 0) is 43.7 Å². The zero-order valence-electron chi connectivity index (χ0n) is 21.3. The highest BCUT2D eigenvalue weighted by Crippen LogP contribution is 2.27. The minimum Gasteiger partial charge on any atom is -0.351 e. The second-order valence-corrected chi connectivity index (χ2v) is 10.6. The van der Waals surface area contributed by atoms with Crippen LogP contribution in [0, 0.1) is 0 Å². The Morgan fingerprint density at radius 1 is 1.17 bits per heavy atom. The first-order valence-electron chi connectivity index (χ1n) is 13.1. The van der Waals surface area contributed by atoms with Crippen LogP contribution in [-0.4, -0.2) is 75.6 Å². The molecule has 1 saturated carbocycles. The van der Waals surface area contributed by atoms with E-state index in [-0.39, 0.29) is 36.0 Å². The van der Waals surface area contributed by atoms with E-state index in [0.29, 0.717) is 12.2 Å². The summed E-state index contributed by atoms with van der Waals surface area (Å²) < 4.78 is 1.51. The summed E-state index contributed by atoms with van der Waals surface area (Å²) in [5, 5.41) is 10.5.